The van der Waals surface area contributed by atoms with Gasteiger partial charge in [-0.15, -0.1) is 0 Å². The maximum Gasteiger partial charge on any atom is 0.274 e. The van der Waals surface area contributed by atoms with E-state index in [1.807, 2.05) is 13.8 Å². The van der Waals surface area contributed by atoms with Gasteiger partial charge < -0.3 is 14.8 Å². The van der Waals surface area contributed by atoms with Gasteiger partial charge in [-0.2, -0.15) is 0 Å². The van der Waals surface area contributed by atoms with Crippen LogP contribution in [0.5, 0.6) is 11.5 Å². The fourth-order valence-corrected chi connectivity index (χ4v) is 2.66. The van der Waals surface area contributed by atoms with Crippen LogP contribution >= 0.6 is 11.6 Å². The minimum absolute atomic E-state index is 0.0671. The number of nitro groups is 1. The van der Waals surface area contributed by atoms with Gasteiger partial charge in [-0.05, 0) is 39.0 Å². The topological polar surface area (TPSA) is 90.7 Å². The molecule has 138 valence electrons. The Bertz CT molecular complexity index is 839. The highest BCUT2D eigenvalue weighted by Gasteiger charge is 2.19. The lowest BCUT2D eigenvalue weighted by Crippen LogP contribution is -2.14. The van der Waals surface area contributed by atoms with Gasteiger partial charge in [0.2, 0.25) is 0 Å². The van der Waals surface area contributed by atoms with Crippen LogP contribution in [0.2, 0.25) is 5.02 Å². The number of nitro benzene ring substituents is 1. The Balaban J connectivity index is 2.36. The van der Waals surface area contributed by atoms with E-state index >= 15 is 0 Å². The van der Waals surface area contributed by atoms with E-state index in [-0.39, 0.29) is 16.3 Å². The molecule has 0 aromatic heterocycles. The Morgan fingerprint density at radius 3 is 2.54 bits per heavy atom. The van der Waals surface area contributed by atoms with Crippen LogP contribution in [0.3, 0.4) is 0 Å². The zero-order valence-corrected chi connectivity index (χ0v) is 15.4. The van der Waals surface area contributed by atoms with Gasteiger partial charge in [-0.1, -0.05) is 17.7 Å². The molecule has 0 radical (unpaired) electrons. The monoisotopic (exact) mass is 378 g/mol. The predicted molar refractivity (Wildman–Crippen MR) is 99.6 cm³/mol. The molecule has 7 nitrogen and oxygen atoms in total. The third-order valence-corrected chi connectivity index (χ3v) is 3.89. The van der Waals surface area contributed by atoms with Gasteiger partial charge in [0, 0.05) is 11.6 Å². The number of nitrogens with zero attached hydrogens (tertiary/aromatic N) is 1. The average molecular weight is 379 g/mol. The lowest BCUT2D eigenvalue weighted by Gasteiger charge is -2.15. The number of hydrogen-bond acceptors (Lipinski definition) is 5. The number of ether oxygens (including phenoxy) is 2. The summed E-state index contributed by atoms with van der Waals surface area (Å²) in [5.74, 6) is 0.279. The molecular weight excluding hydrogens is 360 g/mol. The fraction of sp³-hybridized carbons (Fsp3) is 0.278. The number of anilines is 1. The molecule has 0 saturated carbocycles. The van der Waals surface area contributed by atoms with Gasteiger partial charge in [-0.3, -0.25) is 14.9 Å². The molecule has 2 aromatic carbocycles. The van der Waals surface area contributed by atoms with Gasteiger partial charge in [0.1, 0.15) is 0 Å². The molecule has 2 aromatic rings. The molecule has 0 aliphatic heterocycles. The number of hydrogen-bond donors (Lipinski definition) is 1. The third kappa shape index (κ3) is 4.23. The molecule has 2 rings (SSSR count). The molecule has 0 unspecified atom stereocenters. The van der Waals surface area contributed by atoms with Crippen molar-refractivity contribution in [2.75, 3.05) is 18.5 Å². The first-order valence-corrected chi connectivity index (χ1v) is 8.41. The van der Waals surface area contributed by atoms with Crippen molar-refractivity contribution in [1.82, 2.24) is 0 Å². The molecular formula is C18H19ClN2O5. The van der Waals surface area contributed by atoms with Gasteiger partial charge >= 0.3 is 0 Å². The molecule has 26 heavy (non-hydrogen) atoms. The van der Waals surface area contributed by atoms with Crippen LogP contribution in [0.15, 0.2) is 30.3 Å². The molecule has 0 bridgehead atoms. The first-order chi connectivity index (χ1) is 12.4. The average Bonchev–Trinajstić information content (AvgIpc) is 2.59. The van der Waals surface area contributed by atoms with Crippen molar-refractivity contribution >= 4 is 28.9 Å². The Hall–Kier alpha value is -2.80. The van der Waals surface area contributed by atoms with Crippen LogP contribution in [0, 0.1) is 17.0 Å². The Morgan fingerprint density at radius 2 is 1.92 bits per heavy atom. The number of benzene rings is 2. The van der Waals surface area contributed by atoms with Crippen molar-refractivity contribution in [3.8, 4) is 11.5 Å². The number of halogens is 1. The standard InChI is InChI=1S/C18H19ClN2O5/c1-4-25-16-10-12(9-13(19)17(16)26-5-2)18(22)20-14-7-6-8-15(11(14)3)21(23)24/h6-10H,4-5H2,1-3H3,(H,20,22). The molecule has 0 heterocycles. The number of carbonyl (C=O) groups excluding carboxylic acids is 1. The quantitative estimate of drug-likeness (QED) is 0.561. The van der Waals surface area contributed by atoms with Crippen molar-refractivity contribution in [2.45, 2.75) is 20.8 Å². The van der Waals surface area contributed by atoms with Crippen LogP contribution in [-0.2, 0) is 0 Å². The molecule has 8 heteroatoms. The highest BCUT2D eigenvalue weighted by molar-refractivity contribution is 6.32. The van der Waals surface area contributed by atoms with Gasteiger partial charge in [0.05, 0.1) is 34.4 Å². The molecule has 0 aliphatic carbocycles. The van der Waals surface area contributed by atoms with Gasteiger partial charge in [-0.25, -0.2) is 0 Å². The third-order valence-electron chi connectivity index (χ3n) is 3.61. The minimum atomic E-state index is -0.494. The summed E-state index contributed by atoms with van der Waals surface area (Å²) < 4.78 is 11.0. The number of carbonyl (C=O) groups is 1. The fourth-order valence-electron chi connectivity index (χ4n) is 2.40. The van der Waals surface area contributed by atoms with E-state index < -0.39 is 10.8 Å². The Morgan fingerprint density at radius 1 is 1.23 bits per heavy atom. The summed E-state index contributed by atoms with van der Waals surface area (Å²) >= 11 is 6.22. The normalized spacial score (nSPS) is 10.3. The second-order valence-corrected chi connectivity index (χ2v) is 5.72. The lowest BCUT2D eigenvalue weighted by atomic mass is 10.1. The van der Waals surface area contributed by atoms with Crippen LogP contribution in [0.1, 0.15) is 29.8 Å². The molecule has 0 fully saturated rings. The molecule has 0 aliphatic rings. The summed E-state index contributed by atoms with van der Waals surface area (Å²) in [6, 6.07) is 7.49. The molecule has 0 saturated heterocycles. The van der Waals surface area contributed by atoms with E-state index in [1.165, 1.54) is 24.3 Å². The Labute approximate surface area is 156 Å². The largest absolute Gasteiger partial charge is 0.490 e. The van der Waals surface area contributed by atoms with Crippen molar-refractivity contribution in [2.24, 2.45) is 0 Å². The van der Waals surface area contributed by atoms with Crippen LogP contribution < -0.4 is 14.8 Å². The van der Waals surface area contributed by atoms with E-state index in [0.717, 1.165) is 0 Å². The van der Waals surface area contributed by atoms with E-state index in [2.05, 4.69) is 5.32 Å². The maximum absolute atomic E-state index is 12.6. The van der Waals surface area contributed by atoms with Crippen molar-refractivity contribution in [1.29, 1.82) is 0 Å². The van der Waals surface area contributed by atoms with E-state index in [4.69, 9.17) is 21.1 Å². The zero-order chi connectivity index (χ0) is 19.3. The molecule has 0 atom stereocenters. The first kappa shape index (κ1) is 19.5. The number of amides is 1. The van der Waals surface area contributed by atoms with E-state index in [1.54, 1.807) is 13.0 Å². The van der Waals surface area contributed by atoms with E-state index in [0.29, 0.717) is 36.0 Å². The van der Waals surface area contributed by atoms with Crippen LogP contribution in [0.25, 0.3) is 0 Å². The number of nitrogens with one attached hydrogen (secondary N) is 1. The first-order valence-electron chi connectivity index (χ1n) is 8.03. The molecule has 1 amide bonds. The second kappa shape index (κ2) is 8.53. The summed E-state index contributed by atoms with van der Waals surface area (Å²) in [4.78, 5) is 23.1. The molecule has 1 N–H and O–H groups in total. The summed E-state index contributed by atoms with van der Waals surface area (Å²) in [7, 11) is 0. The van der Waals surface area contributed by atoms with Crippen molar-refractivity contribution < 1.29 is 19.2 Å². The SMILES string of the molecule is CCOc1cc(C(=O)Nc2cccc([N+](=O)[O-])c2C)cc(Cl)c1OCC. The summed E-state index contributed by atoms with van der Waals surface area (Å²) in [6.45, 7) is 5.98. The van der Waals surface area contributed by atoms with Gasteiger partial charge in [0.15, 0.2) is 11.5 Å². The Kier molecular flexibility index (Phi) is 6.41. The van der Waals surface area contributed by atoms with Crippen LogP contribution in [0.4, 0.5) is 11.4 Å². The highest BCUT2D eigenvalue weighted by Crippen LogP contribution is 2.37. The zero-order valence-electron chi connectivity index (χ0n) is 14.7. The smallest absolute Gasteiger partial charge is 0.274 e. The van der Waals surface area contributed by atoms with Crippen LogP contribution in [-0.4, -0.2) is 24.0 Å². The summed E-state index contributed by atoms with van der Waals surface area (Å²) in [5.41, 5.74) is 0.912. The predicted octanol–water partition coefficient (Wildman–Crippen LogP) is 4.61. The summed E-state index contributed by atoms with van der Waals surface area (Å²) in [5, 5.41) is 14.0. The number of rotatable bonds is 7. The summed E-state index contributed by atoms with van der Waals surface area (Å²) in [6.07, 6.45) is 0. The molecule has 0 spiro atoms. The lowest BCUT2D eigenvalue weighted by molar-refractivity contribution is -0.385. The maximum atomic E-state index is 12.6. The second-order valence-electron chi connectivity index (χ2n) is 5.31. The van der Waals surface area contributed by atoms with E-state index in [9.17, 15) is 14.9 Å². The van der Waals surface area contributed by atoms with Crippen molar-refractivity contribution in [3.63, 3.8) is 0 Å². The van der Waals surface area contributed by atoms with Gasteiger partial charge in [0.25, 0.3) is 11.6 Å². The minimum Gasteiger partial charge on any atom is -0.490 e. The highest BCUT2D eigenvalue weighted by atomic mass is 35.5. The van der Waals surface area contributed by atoms with Crippen molar-refractivity contribution in [3.05, 3.63) is 56.6 Å².